The molecule has 0 aromatic heterocycles. The van der Waals surface area contributed by atoms with Crippen LogP contribution in [0.5, 0.6) is 5.75 Å². The van der Waals surface area contributed by atoms with Gasteiger partial charge in [0.15, 0.2) is 24.8 Å². The molecule has 172 valence electrons. The van der Waals surface area contributed by atoms with E-state index in [2.05, 4.69) is 5.32 Å². The maximum atomic E-state index is 13.0. The maximum Gasteiger partial charge on any atom is 0.344 e. The summed E-state index contributed by atoms with van der Waals surface area (Å²) < 4.78 is 10.6. The van der Waals surface area contributed by atoms with Gasteiger partial charge in [0.05, 0.1) is 11.3 Å². The highest BCUT2D eigenvalue weighted by molar-refractivity contribution is 6.30. The van der Waals surface area contributed by atoms with Gasteiger partial charge in [-0.3, -0.25) is 14.4 Å². The minimum Gasteiger partial charge on any atom is -0.482 e. The lowest BCUT2D eigenvalue weighted by atomic mass is 9.83. The zero-order valence-electron chi connectivity index (χ0n) is 18.8. The number of hydrogen-bond acceptors (Lipinski definition) is 6. The van der Waals surface area contributed by atoms with E-state index in [1.807, 2.05) is 32.0 Å². The fraction of sp³-hybridized carbons (Fsp3) is 0.185. The van der Waals surface area contributed by atoms with Crippen LogP contribution in [0.1, 0.15) is 57.2 Å². The molecule has 1 aliphatic carbocycles. The molecular weight excluding hydrogens is 434 g/mol. The minimum atomic E-state index is -0.705. The lowest BCUT2D eigenvalue weighted by Crippen LogP contribution is -2.27. The zero-order chi connectivity index (χ0) is 24.2. The highest BCUT2D eigenvalue weighted by Crippen LogP contribution is 2.32. The molecule has 1 aliphatic rings. The SMILES string of the molecule is CC(C)c1ccccc1OCC(=O)OCC(=O)Nc1cccc2c1C(=O)c1ccccc1C2=O. The molecule has 7 heteroatoms. The van der Waals surface area contributed by atoms with Crippen LogP contribution < -0.4 is 10.1 Å². The Labute approximate surface area is 196 Å². The van der Waals surface area contributed by atoms with Crippen molar-refractivity contribution in [1.29, 1.82) is 0 Å². The second-order valence-corrected chi connectivity index (χ2v) is 8.12. The molecule has 0 aliphatic heterocycles. The molecule has 0 radical (unpaired) electrons. The molecule has 1 N–H and O–H groups in total. The number of ether oxygens (including phenoxy) is 2. The predicted molar refractivity (Wildman–Crippen MR) is 125 cm³/mol. The van der Waals surface area contributed by atoms with Crippen LogP contribution in [0.2, 0.25) is 0 Å². The van der Waals surface area contributed by atoms with Crippen LogP contribution in [0.4, 0.5) is 5.69 Å². The second kappa shape index (κ2) is 9.70. The summed E-state index contributed by atoms with van der Waals surface area (Å²) in [5.41, 5.74) is 2.11. The Balaban J connectivity index is 1.39. The van der Waals surface area contributed by atoms with Crippen LogP contribution in [0.15, 0.2) is 66.7 Å². The largest absolute Gasteiger partial charge is 0.482 e. The van der Waals surface area contributed by atoms with E-state index in [4.69, 9.17) is 9.47 Å². The van der Waals surface area contributed by atoms with E-state index >= 15 is 0 Å². The Kier molecular flexibility index (Phi) is 6.54. The summed E-state index contributed by atoms with van der Waals surface area (Å²) in [7, 11) is 0. The highest BCUT2D eigenvalue weighted by atomic mass is 16.6. The van der Waals surface area contributed by atoms with Crippen molar-refractivity contribution in [2.24, 2.45) is 0 Å². The van der Waals surface area contributed by atoms with Gasteiger partial charge in [0, 0.05) is 16.7 Å². The van der Waals surface area contributed by atoms with Crippen LogP contribution in [0.25, 0.3) is 0 Å². The van der Waals surface area contributed by atoms with E-state index in [0.29, 0.717) is 11.3 Å². The summed E-state index contributed by atoms with van der Waals surface area (Å²) in [5.74, 6) is -1.18. The number of ketones is 2. The quantitative estimate of drug-likeness (QED) is 0.419. The number of amides is 1. The fourth-order valence-electron chi connectivity index (χ4n) is 3.85. The van der Waals surface area contributed by atoms with Crippen molar-refractivity contribution >= 4 is 29.1 Å². The van der Waals surface area contributed by atoms with Crippen molar-refractivity contribution in [3.05, 3.63) is 94.5 Å². The number of hydrogen-bond donors (Lipinski definition) is 1. The van der Waals surface area contributed by atoms with Crippen molar-refractivity contribution in [2.45, 2.75) is 19.8 Å². The molecule has 7 nitrogen and oxygen atoms in total. The summed E-state index contributed by atoms with van der Waals surface area (Å²) in [6.07, 6.45) is 0. The van der Waals surface area contributed by atoms with Gasteiger partial charge in [-0.15, -0.1) is 0 Å². The van der Waals surface area contributed by atoms with Gasteiger partial charge in [0.25, 0.3) is 5.91 Å². The zero-order valence-corrected chi connectivity index (χ0v) is 18.8. The van der Waals surface area contributed by atoms with Crippen LogP contribution >= 0.6 is 0 Å². The van der Waals surface area contributed by atoms with Crippen molar-refractivity contribution in [3.8, 4) is 5.75 Å². The third-order valence-corrected chi connectivity index (χ3v) is 5.48. The van der Waals surface area contributed by atoms with Gasteiger partial charge in [0.2, 0.25) is 0 Å². The maximum absolute atomic E-state index is 13.0. The molecule has 0 fully saturated rings. The first-order valence-corrected chi connectivity index (χ1v) is 10.9. The average molecular weight is 457 g/mol. The van der Waals surface area contributed by atoms with E-state index in [9.17, 15) is 19.2 Å². The number of anilines is 1. The van der Waals surface area contributed by atoms with Crippen molar-refractivity contribution < 1.29 is 28.7 Å². The molecule has 0 saturated carbocycles. The molecule has 1 amide bonds. The number of esters is 1. The third kappa shape index (κ3) is 4.59. The summed E-state index contributed by atoms with van der Waals surface area (Å²) in [5, 5.41) is 2.58. The molecule has 0 spiro atoms. The van der Waals surface area contributed by atoms with E-state index in [-0.39, 0.29) is 46.5 Å². The monoisotopic (exact) mass is 457 g/mol. The Morgan fingerprint density at radius 2 is 1.44 bits per heavy atom. The molecule has 34 heavy (non-hydrogen) atoms. The van der Waals surface area contributed by atoms with Crippen LogP contribution in [0.3, 0.4) is 0 Å². The Bertz CT molecular complexity index is 1290. The van der Waals surface area contributed by atoms with Gasteiger partial charge >= 0.3 is 5.97 Å². The van der Waals surface area contributed by atoms with Gasteiger partial charge in [0.1, 0.15) is 5.75 Å². The third-order valence-electron chi connectivity index (χ3n) is 5.48. The predicted octanol–water partition coefficient (Wildman–Crippen LogP) is 4.15. The Hall–Kier alpha value is -4.26. The smallest absolute Gasteiger partial charge is 0.344 e. The molecule has 3 aromatic carbocycles. The number of para-hydroxylation sites is 1. The number of carbonyl (C=O) groups excluding carboxylic acids is 4. The minimum absolute atomic E-state index is 0.125. The summed E-state index contributed by atoms with van der Waals surface area (Å²) in [4.78, 5) is 50.3. The van der Waals surface area contributed by atoms with E-state index in [0.717, 1.165) is 5.56 Å². The van der Waals surface area contributed by atoms with Crippen LogP contribution in [0, 0.1) is 0 Å². The van der Waals surface area contributed by atoms with Gasteiger partial charge in [-0.05, 0) is 23.6 Å². The number of benzene rings is 3. The number of carbonyl (C=O) groups is 4. The fourth-order valence-corrected chi connectivity index (χ4v) is 3.85. The van der Waals surface area contributed by atoms with Gasteiger partial charge in [-0.25, -0.2) is 4.79 Å². The van der Waals surface area contributed by atoms with Crippen LogP contribution in [-0.2, 0) is 14.3 Å². The molecule has 0 saturated heterocycles. The van der Waals surface area contributed by atoms with E-state index in [1.165, 1.54) is 6.07 Å². The Morgan fingerprint density at radius 3 is 2.18 bits per heavy atom. The van der Waals surface area contributed by atoms with Crippen molar-refractivity contribution in [2.75, 3.05) is 18.5 Å². The standard InChI is InChI=1S/C27H23NO6/c1-16(2)17-8-5-6-13-22(17)33-15-24(30)34-14-23(29)28-21-12-7-11-20-25(21)27(32)19-10-4-3-9-18(19)26(20)31/h3-13,16H,14-15H2,1-2H3,(H,28,29). The van der Waals surface area contributed by atoms with Gasteiger partial charge in [-0.1, -0.05) is 68.4 Å². The molecule has 4 rings (SSSR count). The Morgan fingerprint density at radius 1 is 0.794 bits per heavy atom. The molecule has 0 bridgehead atoms. The van der Waals surface area contributed by atoms with Gasteiger partial charge in [-0.2, -0.15) is 0 Å². The molecule has 0 atom stereocenters. The first-order valence-electron chi connectivity index (χ1n) is 10.9. The lowest BCUT2D eigenvalue weighted by Gasteiger charge is -2.20. The first-order chi connectivity index (χ1) is 16.4. The summed E-state index contributed by atoms with van der Waals surface area (Å²) in [6, 6.07) is 18.6. The highest BCUT2D eigenvalue weighted by Gasteiger charge is 2.31. The molecular formula is C27H23NO6. The van der Waals surface area contributed by atoms with E-state index in [1.54, 1.807) is 42.5 Å². The summed E-state index contributed by atoms with van der Waals surface area (Å²) >= 11 is 0. The van der Waals surface area contributed by atoms with Crippen molar-refractivity contribution in [1.82, 2.24) is 0 Å². The first kappa shape index (κ1) is 22.9. The normalized spacial score (nSPS) is 12.1. The summed E-state index contributed by atoms with van der Waals surface area (Å²) in [6.45, 7) is 3.13. The molecule has 0 unspecified atom stereocenters. The number of fused-ring (bicyclic) bond motifs is 2. The van der Waals surface area contributed by atoms with E-state index < -0.39 is 18.5 Å². The molecule has 0 heterocycles. The van der Waals surface area contributed by atoms with Crippen molar-refractivity contribution in [3.63, 3.8) is 0 Å². The topological polar surface area (TPSA) is 98.8 Å². The number of rotatable bonds is 7. The molecule has 3 aromatic rings. The van der Waals surface area contributed by atoms with Crippen LogP contribution in [-0.4, -0.2) is 36.7 Å². The lowest BCUT2D eigenvalue weighted by molar-refractivity contribution is -0.149. The second-order valence-electron chi connectivity index (χ2n) is 8.12. The average Bonchev–Trinajstić information content (AvgIpc) is 2.84. The number of nitrogens with one attached hydrogen (secondary N) is 1. The van der Waals surface area contributed by atoms with Gasteiger partial charge < -0.3 is 14.8 Å².